The zero-order valence-corrected chi connectivity index (χ0v) is 19.9. The van der Waals surface area contributed by atoms with Gasteiger partial charge in [0.1, 0.15) is 19.3 Å². The molecule has 1 aromatic heterocycles. The van der Waals surface area contributed by atoms with Gasteiger partial charge in [-0.1, -0.05) is 78.9 Å². The number of hydrogen-bond donors (Lipinski definition) is 1. The molecule has 5 aromatic rings. The molecule has 0 aliphatic heterocycles. The van der Waals surface area contributed by atoms with Crippen molar-refractivity contribution in [3.63, 3.8) is 0 Å². The van der Waals surface area contributed by atoms with Gasteiger partial charge in [-0.3, -0.25) is 4.79 Å². The van der Waals surface area contributed by atoms with E-state index in [1.54, 1.807) is 30.3 Å². The minimum Gasteiger partial charge on any atom is -0.485 e. The Bertz CT molecular complexity index is 1650. The zero-order chi connectivity index (χ0) is 25.5. The summed E-state index contributed by atoms with van der Waals surface area (Å²) in [7, 11) is 0. The van der Waals surface area contributed by atoms with Crippen LogP contribution in [0, 0.1) is 11.3 Å². The van der Waals surface area contributed by atoms with Crippen LogP contribution in [0.3, 0.4) is 0 Å². The van der Waals surface area contributed by atoms with Crippen LogP contribution in [0.1, 0.15) is 22.5 Å². The first-order valence-electron chi connectivity index (χ1n) is 11.8. The van der Waals surface area contributed by atoms with Crippen LogP contribution in [0.4, 0.5) is 0 Å². The molecule has 0 saturated carbocycles. The minimum absolute atomic E-state index is 0.211. The highest BCUT2D eigenvalue weighted by atomic mass is 16.5. The van der Waals surface area contributed by atoms with Crippen molar-refractivity contribution in [3.8, 4) is 17.6 Å². The van der Waals surface area contributed by atoms with Crippen LogP contribution in [0.15, 0.2) is 108 Å². The lowest BCUT2D eigenvalue weighted by Crippen LogP contribution is -2.11. The summed E-state index contributed by atoms with van der Waals surface area (Å²) in [6.45, 7) is 0.754. The highest BCUT2D eigenvalue weighted by molar-refractivity contribution is 5.89. The van der Waals surface area contributed by atoms with Crippen molar-refractivity contribution in [1.82, 2.24) is 9.97 Å². The van der Waals surface area contributed by atoms with Crippen LogP contribution in [0.5, 0.6) is 11.5 Å². The number of nitrogens with zero attached hydrogens (tertiary/aromatic N) is 2. The van der Waals surface area contributed by atoms with Gasteiger partial charge < -0.3 is 14.5 Å². The summed E-state index contributed by atoms with van der Waals surface area (Å²) in [5, 5.41) is 10.3. The maximum absolute atomic E-state index is 12.5. The molecule has 0 atom stereocenters. The summed E-state index contributed by atoms with van der Waals surface area (Å²) >= 11 is 0. The summed E-state index contributed by atoms with van der Waals surface area (Å²) in [6.07, 6.45) is 1.67. The van der Waals surface area contributed by atoms with Gasteiger partial charge in [0.25, 0.3) is 5.56 Å². The topological polar surface area (TPSA) is 88.0 Å². The molecule has 6 nitrogen and oxygen atoms in total. The molecular weight excluding hydrogens is 462 g/mol. The molecule has 0 unspecified atom stereocenters. The van der Waals surface area contributed by atoms with Gasteiger partial charge in [-0.25, -0.2) is 4.98 Å². The van der Waals surface area contributed by atoms with E-state index in [9.17, 15) is 10.1 Å². The molecule has 180 valence electrons. The number of hydrogen-bond acceptors (Lipinski definition) is 5. The van der Waals surface area contributed by atoms with Crippen LogP contribution in [0.25, 0.3) is 22.6 Å². The van der Waals surface area contributed by atoms with Crippen molar-refractivity contribution < 1.29 is 9.47 Å². The smallest absolute Gasteiger partial charge is 0.259 e. The maximum Gasteiger partial charge on any atom is 0.259 e. The molecule has 0 fully saturated rings. The Morgan fingerprint density at radius 2 is 1.43 bits per heavy atom. The van der Waals surface area contributed by atoms with Crippen molar-refractivity contribution in [2.45, 2.75) is 13.2 Å². The third-order valence-corrected chi connectivity index (χ3v) is 5.74. The molecule has 1 heterocycles. The van der Waals surface area contributed by atoms with Gasteiger partial charge in [0, 0.05) is 0 Å². The van der Waals surface area contributed by atoms with Crippen molar-refractivity contribution in [2.24, 2.45) is 0 Å². The molecule has 0 aliphatic rings. The molecule has 5 rings (SSSR count). The average molecular weight is 486 g/mol. The zero-order valence-electron chi connectivity index (χ0n) is 19.9. The second-order valence-electron chi connectivity index (χ2n) is 8.36. The lowest BCUT2D eigenvalue weighted by Gasteiger charge is -2.14. The van der Waals surface area contributed by atoms with Crippen LogP contribution in [-0.4, -0.2) is 9.97 Å². The van der Waals surface area contributed by atoms with E-state index in [1.165, 1.54) is 0 Å². The first-order valence-corrected chi connectivity index (χ1v) is 11.8. The lowest BCUT2D eigenvalue weighted by atomic mass is 10.1. The van der Waals surface area contributed by atoms with Crippen LogP contribution >= 0.6 is 0 Å². The number of fused-ring (bicyclic) bond motifs is 1. The molecule has 6 heteroatoms. The standard InChI is InChI=1S/C31H23N3O3/c32-19-25(30-33-27-14-8-7-13-26(27)31(35)34-30)17-24-15-16-28(36-20-22-9-3-1-4-10-22)29(18-24)37-21-23-11-5-2-6-12-23/h1-18H,20-21H2,(H,33,34,35)/b25-17-. The molecule has 0 saturated heterocycles. The molecule has 1 N–H and O–H groups in total. The lowest BCUT2D eigenvalue weighted by molar-refractivity contribution is 0.256. The Balaban J connectivity index is 1.47. The summed E-state index contributed by atoms with van der Waals surface area (Å²) in [4.78, 5) is 19.7. The predicted octanol–water partition coefficient (Wildman–Crippen LogP) is 6.15. The molecule has 0 aliphatic carbocycles. The highest BCUT2D eigenvalue weighted by Gasteiger charge is 2.11. The number of nitrogens with one attached hydrogen (secondary N) is 1. The van der Waals surface area contributed by atoms with E-state index in [-0.39, 0.29) is 17.0 Å². The Morgan fingerprint density at radius 1 is 0.811 bits per heavy atom. The van der Waals surface area contributed by atoms with Gasteiger partial charge in [0.2, 0.25) is 0 Å². The average Bonchev–Trinajstić information content (AvgIpc) is 2.95. The van der Waals surface area contributed by atoms with Gasteiger partial charge in [0.05, 0.1) is 16.5 Å². The highest BCUT2D eigenvalue weighted by Crippen LogP contribution is 2.31. The molecule has 4 aromatic carbocycles. The Kier molecular flexibility index (Phi) is 7.05. The predicted molar refractivity (Wildman–Crippen MR) is 144 cm³/mol. The minimum atomic E-state index is -0.293. The number of benzene rings is 4. The largest absolute Gasteiger partial charge is 0.485 e. The quantitative estimate of drug-likeness (QED) is 0.267. The van der Waals surface area contributed by atoms with E-state index in [1.807, 2.05) is 78.9 Å². The van der Waals surface area contributed by atoms with Crippen molar-refractivity contribution >= 4 is 22.6 Å². The van der Waals surface area contributed by atoms with Crippen LogP contribution in [0.2, 0.25) is 0 Å². The fourth-order valence-corrected chi connectivity index (χ4v) is 3.85. The van der Waals surface area contributed by atoms with Crippen LogP contribution < -0.4 is 15.0 Å². The Hall–Kier alpha value is -5.15. The number of nitriles is 1. The second kappa shape index (κ2) is 11.1. The molecule has 0 amide bonds. The number of rotatable bonds is 8. The van der Waals surface area contributed by atoms with Gasteiger partial charge in [-0.2, -0.15) is 5.26 Å². The number of aromatic nitrogens is 2. The Morgan fingerprint density at radius 3 is 2.11 bits per heavy atom. The number of para-hydroxylation sites is 1. The third kappa shape index (κ3) is 5.75. The Labute approximate surface area is 214 Å². The number of aromatic amines is 1. The first kappa shape index (κ1) is 23.6. The molecular formula is C31H23N3O3. The molecule has 0 bridgehead atoms. The van der Waals surface area contributed by atoms with Crippen molar-refractivity contribution in [2.75, 3.05) is 0 Å². The SMILES string of the molecule is N#C/C(=C/c1ccc(OCc2ccccc2)c(OCc2ccccc2)c1)c1nc2ccccc2c(=O)[nH]1. The van der Waals surface area contributed by atoms with Gasteiger partial charge >= 0.3 is 0 Å². The molecule has 0 radical (unpaired) electrons. The summed E-state index contributed by atoms with van der Waals surface area (Å²) in [5.74, 6) is 1.35. The second-order valence-corrected chi connectivity index (χ2v) is 8.36. The fourth-order valence-electron chi connectivity index (χ4n) is 3.85. The van der Waals surface area contributed by atoms with Gasteiger partial charge in [-0.05, 0) is 47.0 Å². The van der Waals surface area contributed by atoms with Crippen molar-refractivity contribution in [3.05, 3.63) is 136 Å². The summed E-state index contributed by atoms with van der Waals surface area (Å²) < 4.78 is 12.2. The van der Waals surface area contributed by atoms with E-state index in [2.05, 4.69) is 16.0 Å². The van der Waals surface area contributed by atoms with Crippen molar-refractivity contribution in [1.29, 1.82) is 5.26 Å². The van der Waals surface area contributed by atoms with Gasteiger partial charge in [-0.15, -0.1) is 0 Å². The number of H-pyrrole nitrogens is 1. The van der Waals surface area contributed by atoms with E-state index in [4.69, 9.17) is 9.47 Å². The molecule has 37 heavy (non-hydrogen) atoms. The van der Waals surface area contributed by atoms with E-state index < -0.39 is 0 Å². The maximum atomic E-state index is 12.5. The monoisotopic (exact) mass is 485 g/mol. The third-order valence-electron chi connectivity index (χ3n) is 5.74. The summed E-state index contributed by atoms with van der Waals surface area (Å²) in [6, 6.07) is 34.4. The van der Waals surface area contributed by atoms with E-state index in [0.29, 0.717) is 41.2 Å². The number of allylic oxidation sites excluding steroid dienone is 1. The van der Waals surface area contributed by atoms with E-state index in [0.717, 1.165) is 11.1 Å². The fraction of sp³-hybridized carbons (Fsp3) is 0.0645. The number of ether oxygens (including phenoxy) is 2. The van der Waals surface area contributed by atoms with E-state index >= 15 is 0 Å². The molecule has 0 spiro atoms. The first-order chi connectivity index (χ1) is 18.2. The normalized spacial score (nSPS) is 11.2. The summed E-state index contributed by atoms with van der Waals surface area (Å²) in [5.41, 5.74) is 3.24. The van der Waals surface area contributed by atoms with Gasteiger partial charge in [0.15, 0.2) is 17.3 Å². The van der Waals surface area contributed by atoms with Crippen LogP contribution in [-0.2, 0) is 13.2 Å².